The maximum atomic E-state index is 12.0. The van der Waals surface area contributed by atoms with E-state index < -0.39 is 0 Å². The second kappa shape index (κ2) is 7.56. The number of aromatic nitrogens is 4. The molecule has 0 aliphatic rings. The molecule has 26 heavy (non-hydrogen) atoms. The van der Waals surface area contributed by atoms with E-state index in [1.807, 2.05) is 56.8 Å². The van der Waals surface area contributed by atoms with Crippen LogP contribution in [0.5, 0.6) is 0 Å². The summed E-state index contributed by atoms with van der Waals surface area (Å²) in [6.07, 6.45) is 4.27. The van der Waals surface area contributed by atoms with E-state index in [1.54, 1.807) is 6.08 Å². The summed E-state index contributed by atoms with van der Waals surface area (Å²) in [5.74, 6) is 0.916. The maximum Gasteiger partial charge on any atom is 0.244 e. The van der Waals surface area contributed by atoms with E-state index in [0.29, 0.717) is 6.54 Å². The Bertz CT molecular complexity index is 964. The zero-order valence-electron chi connectivity index (χ0n) is 15.8. The average molecular weight is 351 g/mol. The van der Waals surface area contributed by atoms with Crippen molar-refractivity contribution >= 4 is 23.0 Å². The standard InChI is InChI=1S/C20H25N5O/c1-14-17(15(2)24(4)23-14)10-11-20(26)21-12-7-13-25-16(3)22-18-8-5-6-9-19(18)25/h5-6,8-11H,7,12-13H2,1-4H3,(H,21,26)/b11-10+. The number of fused-ring (bicyclic) bond motifs is 1. The van der Waals surface area contributed by atoms with E-state index in [0.717, 1.165) is 46.8 Å². The van der Waals surface area contributed by atoms with Crippen LogP contribution in [-0.4, -0.2) is 31.8 Å². The minimum absolute atomic E-state index is 0.0835. The molecule has 3 aromatic rings. The molecule has 3 rings (SSSR count). The van der Waals surface area contributed by atoms with E-state index in [2.05, 4.69) is 26.0 Å². The Labute approximate surface area is 153 Å². The third kappa shape index (κ3) is 3.69. The molecular weight excluding hydrogens is 326 g/mol. The second-order valence-electron chi connectivity index (χ2n) is 6.49. The Morgan fingerprint density at radius 1 is 1.23 bits per heavy atom. The van der Waals surface area contributed by atoms with E-state index in [1.165, 1.54) is 0 Å². The zero-order chi connectivity index (χ0) is 18.7. The molecule has 0 saturated carbocycles. The first-order chi connectivity index (χ1) is 12.5. The van der Waals surface area contributed by atoms with Gasteiger partial charge in [0.15, 0.2) is 0 Å². The van der Waals surface area contributed by atoms with Gasteiger partial charge in [0.2, 0.25) is 5.91 Å². The molecule has 1 amide bonds. The lowest BCUT2D eigenvalue weighted by molar-refractivity contribution is -0.116. The molecule has 0 saturated heterocycles. The van der Waals surface area contributed by atoms with Gasteiger partial charge in [-0.25, -0.2) is 4.98 Å². The number of imidazole rings is 1. The van der Waals surface area contributed by atoms with Gasteiger partial charge in [0.25, 0.3) is 0 Å². The zero-order valence-corrected chi connectivity index (χ0v) is 15.8. The van der Waals surface area contributed by atoms with Gasteiger partial charge < -0.3 is 9.88 Å². The van der Waals surface area contributed by atoms with Crippen molar-refractivity contribution in [2.75, 3.05) is 6.54 Å². The summed E-state index contributed by atoms with van der Waals surface area (Å²) >= 11 is 0. The van der Waals surface area contributed by atoms with Gasteiger partial charge >= 0.3 is 0 Å². The molecule has 0 atom stereocenters. The van der Waals surface area contributed by atoms with Gasteiger partial charge in [0.05, 0.1) is 16.7 Å². The van der Waals surface area contributed by atoms with Gasteiger partial charge in [0, 0.05) is 37.5 Å². The molecule has 2 aromatic heterocycles. The Kier molecular flexibility index (Phi) is 5.21. The first kappa shape index (κ1) is 17.9. The highest BCUT2D eigenvalue weighted by molar-refractivity contribution is 5.92. The lowest BCUT2D eigenvalue weighted by Gasteiger charge is -2.07. The molecule has 0 unspecified atom stereocenters. The van der Waals surface area contributed by atoms with Gasteiger partial charge in [-0.15, -0.1) is 0 Å². The predicted octanol–water partition coefficient (Wildman–Crippen LogP) is 2.91. The first-order valence-corrected chi connectivity index (χ1v) is 8.85. The largest absolute Gasteiger partial charge is 0.352 e. The molecule has 6 heteroatoms. The first-order valence-electron chi connectivity index (χ1n) is 8.85. The summed E-state index contributed by atoms with van der Waals surface area (Å²) in [7, 11) is 1.90. The van der Waals surface area contributed by atoms with Crippen LogP contribution in [0.15, 0.2) is 30.3 Å². The number of para-hydroxylation sites is 2. The van der Waals surface area contributed by atoms with Gasteiger partial charge in [-0.05, 0) is 45.4 Å². The fourth-order valence-corrected chi connectivity index (χ4v) is 3.18. The lowest BCUT2D eigenvalue weighted by Crippen LogP contribution is -2.23. The van der Waals surface area contributed by atoms with Crippen LogP contribution in [0, 0.1) is 20.8 Å². The number of nitrogens with zero attached hydrogens (tertiary/aromatic N) is 4. The van der Waals surface area contributed by atoms with Gasteiger partial charge in [-0.1, -0.05) is 12.1 Å². The minimum atomic E-state index is -0.0835. The van der Waals surface area contributed by atoms with Crippen molar-refractivity contribution < 1.29 is 4.79 Å². The quantitative estimate of drug-likeness (QED) is 0.548. The number of rotatable bonds is 6. The van der Waals surface area contributed by atoms with Crippen LogP contribution in [0.25, 0.3) is 17.1 Å². The number of carbonyl (C=O) groups excluding carboxylic acids is 1. The summed E-state index contributed by atoms with van der Waals surface area (Å²) in [5, 5.41) is 7.29. The van der Waals surface area contributed by atoms with Crippen LogP contribution >= 0.6 is 0 Å². The highest BCUT2D eigenvalue weighted by Gasteiger charge is 2.07. The van der Waals surface area contributed by atoms with Crippen molar-refractivity contribution in [3.05, 3.63) is 53.1 Å². The molecule has 136 valence electrons. The fourth-order valence-electron chi connectivity index (χ4n) is 3.18. The Hall–Kier alpha value is -2.89. The number of hydrogen-bond acceptors (Lipinski definition) is 3. The van der Waals surface area contributed by atoms with E-state index in [9.17, 15) is 4.79 Å². The van der Waals surface area contributed by atoms with Gasteiger partial charge in [0.1, 0.15) is 5.82 Å². The van der Waals surface area contributed by atoms with E-state index in [-0.39, 0.29) is 5.91 Å². The maximum absolute atomic E-state index is 12.0. The Morgan fingerprint density at radius 3 is 2.73 bits per heavy atom. The molecule has 0 spiro atoms. The molecule has 6 nitrogen and oxygen atoms in total. The van der Waals surface area contributed by atoms with Crippen molar-refractivity contribution in [3.8, 4) is 0 Å². The summed E-state index contributed by atoms with van der Waals surface area (Å²) in [4.78, 5) is 16.6. The molecule has 0 aliphatic carbocycles. The molecule has 0 aliphatic heterocycles. The van der Waals surface area contributed by atoms with Crippen molar-refractivity contribution in [1.29, 1.82) is 0 Å². The third-order valence-corrected chi connectivity index (χ3v) is 4.67. The summed E-state index contributed by atoms with van der Waals surface area (Å²) in [6.45, 7) is 7.41. The number of hydrogen-bond donors (Lipinski definition) is 1. The molecule has 1 aromatic carbocycles. The number of benzene rings is 1. The molecule has 0 fully saturated rings. The van der Waals surface area contributed by atoms with Crippen LogP contribution in [0.1, 0.15) is 29.2 Å². The Morgan fingerprint density at radius 2 is 2.00 bits per heavy atom. The summed E-state index contributed by atoms with van der Waals surface area (Å²) in [6, 6.07) is 8.12. The van der Waals surface area contributed by atoms with Gasteiger partial charge in [-0.3, -0.25) is 9.48 Å². The number of aryl methyl sites for hydroxylation is 4. The molecular formula is C20H25N5O. The number of amides is 1. The smallest absolute Gasteiger partial charge is 0.244 e. The SMILES string of the molecule is Cc1nn(C)c(C)c1/C=C/C(=O)NCCCn1c(C)nc2ccccc21. The minimum Gasteiger partial charge on any atom is -0.352 e. The van der Waals surface area contributed by atoms with Gasteiger partial charge in [-0.2, -0.15) is 5.10 Å². The molecule has 0 bridgehead atoms. The van der Waals surface area contributed by atoms with Crippen LogP contribution in [0.4, 0.5) is 0 Å². The summed E-state index contributed by atoms with van der Waals surface area (Å²) < 4.78 is 4.02. The fraction of sp³-hybridized carbons (Fsp3) is 0.350. The average Bonchev–Trinajstić information content (AvgIpc) is 3.05. The summed E-state index contributed by atoms with van der Waals surface area (Å²) in [5.41, 5.74) is 5.13. The third-order valence-electron chi connectivity index (χ3n) is 4.67. The van der Waals surface area contributed by atoms with Crippen LogP contribution in [0.2, 0.25) is 0 Å². The number of carbonyl (C=O) groups is 1. The monoisotopic (exact) mass is 351 g/mol. The molecule has 0 radical (unpaired) electrons. The van der Waals surface area contributed by atoms with Crippen molar-refractivity contribution in [1.82, 2.24) is 24.6 Å². The highest BCUT2D eigenvalue weighted by atomic mass is 16.1. The van der Waals surface area contributed by atoms with Crippen LogP contribution < -0.4 is 5.32 Å². The lowest BCUT2D eigenvalue weighted by atomic mass is 10.2. The molecule has 2 heterocycles. The molecule has 1 N–H and O–H groups in total. The Balaban J connectivity index is 1.52. The number of nitrogens with one attached hydrogen (secondary N) is 1. The van der Waals surface area contributed by atoms with Crippen molar-refractivity contribution in [2.24, 2.45) is 7.05 Å². The van der Waals surface area contributed by atoms with E-state index >= 15 is 0 Å². The highest BCUT2D eigenvalue weighted by Crippen LogP contribution is 2.16. The van der Waals surface area contributed by atoms with E-state index in [4.69, 9.17) is 0 Å². The normalized spacial score (nSPS) is 11.5. The predicted molar refractivity (Wildman–Crippen MR) is 104 cm³/mol. The second-order valence-corrected chi connectivity index (χ2v) is 6.49. The van der Waals surface area contributed by atoms with Crippen molar-refractivity contribution in [2.45, 2.75) is 33.7 Å². The van der Waals surface area contributed by atoms with Crippen LogP contribution in [-0.2, 0) is 18.4 Å². The topological polar surface area (TPSA) is 64.7 Å². The van der Waals surface area contributed by atoms with Crippen LogP contribution in [0.3, 0.4) is 0 Å². The van der Waals surface area contributed by atoms with Crippen molar-refractivity contribution in [3.63, 3.8) is 0 Å².